The van der Waals surface area contributed by atoms with Crippen molar-refractivity contribution in [2.45, 2.75) is 32.1 Å². The monoisotopic (exact) mass is 365 g/mol. The standard InChI is InChI=1S/C16H13F6NO2/c1-8(7-25-9(2)24)11-6-13(16(20,21)22)23-14-10(11)4-3-5-12(14)15(17,18)19/h3-6,8H,7H2,1-2H3/t8-/m1/s1. The number of nitrogens with zero attached hydrogens (tertiary/aromatic N) is 1. The highest BCUT2D eigenvalue weighted by atomic mass is 19.4. The zero-order valence-electron chi connectivity index (χ0n) is 13.1. The van der Waals surface area contributed by atoms with E-state index in [1.165, 1.54) is 13.0 Å². The zero-order chi connectivity index (χ0) is 19.0. The molecule has 0 aliphatic heterocycles. The number of ether oxygens (including phenoxy) is 1. The van der Waals surface area contributed by atoms with E-state index in [1.54, 1.807) is 0 Å². The molecule has 0 aliphatic carbocycles. The van der Waals surface area contributed by atoms with E-state index >= 15 is 0 Å². The van der Waals surface area contributed by atoms with Crippen molar-refractivity contribution < 1.29 is 35.9 Å². The molecule has 1 aromatic carbocycles. The molecule has 1 atom stereocenters. The maximum Gasteiger partial charge on any atom is 0.433 e. The van der Waals surface area contributed by atoms with Crippen molar-refractivity contribution >= 4 is 16.9 Å². The molecule has 1 heterocycles. The number of alkyl halides is 6. The number of fused-ring (bicyclic) bond motifs is 1. The first-order valence-corrected chi connectivity index (χ1v) is 7.12. The number of carbonyl (C=O) groups excluding carboxylic acids is 1. The number of hydrogen-bond acceptors (Lipinski definition) is 3. The van der Waals surface area contributed by atoms with E-state index < -0.39 is 41.0 Å². The Kier molecular flexibility index (Phi) is 4.97. The van der Waals surface area contributed by atoms with Gasteiger partial charge in [0.2, 0.25) is 0 Å². The summed E-state index contributed by atoms with van der Waals surface area (Å²) in [5.74, 6) is -1.39. The summed E-state index contributed by atoms with van der Waals surface area (Å²) in [4.78, 5) is 14.1. The van der Waals surface area contributed by atoms with E-state index in [4.69, 9.17) is 4.74 Å². The molecule has 0 saturated heterocycles. The highest BCUT2D eigenvalue weighted by molar-refractivity contribution is 5.86. The first kappa shape index (κ1) is 19.0. The minimum atomic E-state index is -4.91. The van der Waals surface area contributed by atoms with E-state index in [1.807, 2.05) is 0 Å². The van der Waals surface area contributed by atoms with Gasteiger partial charge < -0.3 is 4.74 Å². The van der Waals surface area contributed by atoms with Gasteiger partial charge in [-0.1, -0.05) is 19.1 Å². The number of esters is 1. The van der Waals surface area contributed by atoms with Crippen molar-refractivity contribution in [3.8, 4) is 0 Å². The minimum Gasteiger partial charge on any atom is -0.465 e. The molecule has 25 heavy (non-hydrogen) atoms. The molecule has 0 bridgehead atoms. The summed E-state index contributed by atoms with van der Waals surface area (Å²) in [6.07, 6.45) is -9.77. The molecule has 0 radical (unpaired) electrons. The minimum absolute atomic E-state index is 0.0234. The Morgan fingerprint density at radius 3 is 2.32 bits per heavy atom. The van der Waals surface area contributed by atoms with Crippen LogP contribution in [-0.4, -0.2) is 17.6 Å². The molecule has 0 amide bonds. The average Bonchev–Trinajstić information content (AvgIpc) is 2.48. The topological polar surface area (TPSA) is 39.2 Å². The van der Waals surface area contributed by atoms with E-state index in [2.05, 4.69) is 4.98 Å². The van der Waals surface area contributed by atoms with E-state index in [0.29, 0.717) is 12.1 Å². The molecule has 136 valence electrons. The number of benzene rings is 1. The van der Waals surface area contributed by atoms with Gasteiger partial charge in [-0.15, -0.1) is 0 Å². The average molecular weight is 365 g/mol. The number of halogens is 6. The van der Waals surface area contributed by atoms with Crippen LogP contribution in [0.5, 0.6) is 0 Å². The van der Waals surface area contributed by atoms with Gasteiger partial charge in [0.05, 0.1) is 17.7 Å². The molecule has 0 saturated carbocycles. The van der Waals surface area contributed by atoms with Gasteiger partial charge in [-0.25, -0.2) is 4.98 Å². The SMILES string of the molecule is CC(=O)OC[C@@H](C)c1cc(C(F)(F)F)nc2c(C(F)(F)F)cccc12. The van der Waals surface area contributed by atoms with Gasteiger partial charge in [0.15, 0.2) is 0 Å². The Labute approximate surface area is 138 Å². The van der Waals surface area contributed by atoms with Crippen LogP contribution in [0.4, 0.5) is 26.3 Å². The largest absolute Gasteiger partial charge is 0.465 e. The molecule has 0 fully saturated rings. The Bertz CT molecular complexity index is 798. The summed E-state index contributed by atoms with van der Waals surface area (Å²) in [6.45, 7) is 2.32. The van der Waals surface area contributed by atoms with Crippen LogP contribution in [-0.2, 0) is 21.9 Å². The van der Waals surface area contributed by atoms with Crippen LogP contribution >= 0.6 is 0 Å². The predicted molar refractivity (Wildman–Crippen MR) is 76.8 cm³/mol. The molecule has 2 rings (SSSR count). The molecule has 0 aliphatic rings. The van der Waals surface area contributed by atoms with Crippen molar-refractivity contribution in [2.24, 2.45) is 0 Å². The third-order valence-electron chi connectivity index (χ3n) is 3.53. The van der Waals surface area contributed by atoms with Crippen LogP contribution < -0.4 is 0 Å². The van der Waals surface area contributed by atoms with Crippen LogP contribution in [0.1, 0.15) is 36.6 Å². The first-order chi connectivity index (χ1) is 11.4. The number of pyridine rings is 1. The Hall–Kier alpha value is -2.32. The van der Waals surface area contributed by atoms with Crippen LogP contribution in [0.3, 0.4) is 0 Å². The van der Waals surface area contributed by atoms with Crippen molar-refractivity contribution in [1.82, 2.24) is 4.98 Å². The maximum atomic E-state index is 13.1. The molecule has 3 nitrogen and oxygen atoms in total. The number of hydrogen-bond donors (Lipinski definition) is 0. The lowest BCUT2D eigenvalue weighted by Crippen LogP contribution is -2.15. The molecule has 0 unspecified atom stereocenters. The molecule has 9 heteroatoms. The molecule has 2 aromatic rings. The van der Waals surface area contributed by atoms with Gasteiger partial charge in [0.1, 0.15) is 5.69 Å². The van der Waals surface area contributed by atoms with Crippen molar-refractivity contribution in [1.29, 1.82) is 0 Å². The maximum absolute atomic E-state index is 13.1. The second kappa shape index (κ2) is 6.53. The van der Waals surface area contributed by atoms with E-state index in [-0.39, 0.29) is 17.6 Å². The zero-order valence-corrected chi connectivity index (χ0v) is 13.1. The lowest BCUT2D eigenvalue weighted by atomic mass is 9.95. The number of carbonyl (C=O) groups is 1. The van der Waals surface area contributed by atoms with Gasteiger partial charge in [-0.05, 0) is 17.7 Å². The third kappa shape index (κ3) is 4.21. The Morgan fingerprint density at radius 2 is 1.80 bits per heavy atom. The van der Waals surface area contributed by atoms with Crippen LogP contribution in [0.25, 0.3) is 10.9 Å². The molecule has 0 N–H and O–H groups in total. The lowest BCUT2D eigenvalue weighted by Gasteiger charge is -2.19. The van der Waals surface area contributed by atoms with Gasteiger partial charge in [0, 0.05) is 18.2 Å². The van der Waals surface area contributed by atoms with Gasteiger partial charge in [0.25, 0.3) is 0 Å². The van der Waals surface area contributed by atoms with Gasteiger partial charge in [-0.3, -0.25) is 4.79 Å². The van der Waals surface area contributed by atoms with Crippen molar-refractivity contribution in [2.75, 3.05) is 6.61 Å². The second-order valence-corrected chi connectivity index (χ2v) is 5.50. The van der Waals surface area contributed by atoms with Crippen LogP contribution in [0.2, 0.25) is 0 Å². The summed E-state index contributed by atoms with van der Waals surface area (Å²) in [6, 6.07) is 3.73. The van der Waals surface area contributed by atoms with Crippen molar-refractivity contribution in [3.63, 3.8) is 0 Å². The molecule has 0 spiro atoms. The first-order valence-electron chi connectivity index (χ1n) is 7.12. The summed E-state index contributed by atoms with van der Waals surface area (Å²) >= 11 is 0. The summed E-state index contributed by atoms with van der Waals surface area (Å²) in [5, 5.41) is -0.0672. The normalized spacial score (nSPS) is 13.8. The van der Waals surface area contributed by atoms with Crippen molar-refractivity contribution in [3.05, 3.63) is 41.1 Å². The second-order valence-electron chi connectivity index (χ2n) is 5.50. The smallest absolute Gasteiger partial charge is 0.433 e. The number of aromatic nitrogens is 1. The third-order valence-corrected chi connectivity index (χ3v) is 3.53. The number of para-hydroxylation sites is 1. The lowest BCUT2D eigenvalue weighted by molar-refractivity contribution is -0.142. The molecule has 1 aromatic heterocycles. The Balaban J connectivity index is 2.73. The quantitative estimate of drug-likeness (QED) is 0.571. The molecular weight excluding hydrogens is 352 g/mol. The van der Waals surface area contributed by atoms with Crippen LogP contribution in [0, 0.1) is 0 Å². The van der Waals surface area contributed by atoms with E-state index in [0.717, 1.165) is 13.0 Å². The van der Waals surface area contributed by atoms with E-state index in [9.17, 15) is 31.1 Å². The van der Waals surface area contributed by atoms with Gasteiger partial charge >= 0.3 is 18.3 Å². The number of rotatable bonds is 3. The fourth-order valence-corrected chi connectivity index (χ4v) is 2.39. The predicted octanol–water partition coefficient (Wildman–Crippen LogP) is 4.94. The van der Waals surface area contributed by atoms with Crippen LogP contribution in [0.15, 0.2) is 24.3 Å². The summed E-state index contributed by atoms with van der Waals surface area (Å²) < 4.78 is 83.4. The highest BCUT2D eigenvalue weighted by Crippen LogP contribution is 2.39. The highest BCUT2D eigenvalue weighted by Gasteiger charge is 2.37. The Morgan fingerprint density at radius 1 is 1.16 bits per heavy atom. The fraction of sp³-hybridized carbons (Fsp3) is 0.375. The summed E-state index contributed by atoms with van der Waals surface area (Å²) in [5.41, 5.74) is -3.49. The fourth-order valence-electron chi connectivity index (χ4n) is 2.39. The summed E-state index contributed by atoms with van der Waals surface area (Å²) in [7, 11) is 0. The molecular formula is C16H13F6NO2. The van der Waals surface area contributed by atoms with Gasteiger partial charge in [-0.2, -0.15) is 26.3 Å².